The third-order valence-corrected chi connectivity index (χ3v) is 2.37. The summed E-state index contributed by atoms with van der Waals surface area (Å²) in [6.45, 7) is 0. The number of hydrogen-bond donors (Lipinski definition) is 1. The Morgan fingerprint density at radius 3 is 2.40 bits per heavy atom. The van der Waals surface area contributed by atoms with Crippen LogP contribution in [0.1, 0.15) is 10.4 Å². The van der Waals surface area contributed by atoms with Crippen molar-refractivity contribution in [1.29, 1.82) is 0 Å². The first-order valence-corrected chi connectivity index (χ1v) is 3.86. The van der Waals surface area contributed by atoms with E-state index in [9.17, 15) is 4.79 Å². The van der Waals surface area contributed by atoms with E-state index in [4.69, 9.17) is 28.3 Å². The number of thiophene rings is 1. The Balaban J connectivity index is 3.15. The van der Waals surface area contributed by atoms with Gasteiger partial charge in [-0.1, -0.05) is 23.2 Å². The SMILES string of the molecule is O=C(O)c1cc(Cl)sc1Cl. The lowest BCUT2D eigenvalue weighted by atomic mass is 10.4. The maximum absolute atomic E-state index is 10.3. The molecule has 2 nitrogen and oxygen atoms in total. The largest absolute Gasteiger partial charge is 0.478 e. The van der Waals surface area contributed by atoms with Crippen LogP contribution in [0.3, 0.4) is 0 Å². The van der Waals surface area contributed by atoms with Crippen molar-refractivity contribution in [3.63, 3.8) is 0 Å². The smallest absolute Gasteiger partial charge is 0.338 e. The van der Waals surface area contributed by atoms with E-state index in [1.54, 1.807) is 0 Å². The molecule has 1 aromatic rings. The zero-order chi connectivity index (χ0) is 7.72. The Morgan fingerprint density at radius 2 is 2.20 bits per heavy atom. The molecule has 10 heavy (non-hydrogen) atoms. The van der Waals surface area contributed by atoms with Gasteiger partial charge in [0.25, 0.3) is 0 Å². The van der Waals surface area contributed by atoms with Gasteiger partial charge in [0.15, 0.2) is 0 Å². The minimum Gasteiger partial charge on any atom is -0.478 e. The van der Waals surface area contributed by atoms with Crippen molar-refractivity contribution in [2.24, 2.45) is 0 Å². The fourth-order valence-electron chi connectivity index (χ4n) is 0.486. The number of carboxylic acids is 1. The molecule has 1 heterocycles. The molecule has 0 atom stereocenters. The Bertz CT molecular complexity index is 269. The molecule has 0 aliphatic heterocycles. The molecule has 0 saturated heterocycles. The second-order valence-corrected chi connectivity index (χ2v) is 3.83. The molecule has 0 bridgehead atoms. The van der Waals surface area contributed by atoms with E-state index in [1.165, 1.54) is 6.07 Å². The van der Waals surface area contributed by atoms with Crippen molar-refractivity contribution >= 4 is 40.5 Å². The standard InChI is InChI=1S/C5H2Cl2O2S/c6-3-1-2(5(8)9)4(7)10-3/h1H,(H,8,9). The van der Waals surface area contributed by atoms with Crippen molar-refractivity contribution in [1.82, 2.24) is 0 Å². The summed E-state index contributed by atoms with van der Waals surface area (Å²) in [5.41, 5.74) is 0.0664. The average Bonchev–Trinajstić information content (AvgIpc) is 2.10. The van der Waals surface area contributed by atoms with Crippen molar-refractivity contribution in [2.45, 2.75) is 0 Å². The highest BCUT2D eigenvalue weighted by Gasteiger charge is 2.11. The van der Waals surface area contributed by atoms with E-state index >= 15 is 0 Å². The molecule has 1 N–H and O–H groups in total. The molecule has 0 amide bonds. The lowest BCUT2D eigenvalue weighted by molar-refractivity contribution is 0.0697. The number of carbonyl (C=O) groups is 1. The highest BCUT2D eigenvalue weighted by Crippen LogP contribution is 2.30. The van der Waals surface area contributed by atoms with Crippen LogP contribution in [-0.2, 0) is 0 Å². The molecule has 0 saturated carbocycles. The first-order chi connectivity index (χ1) is 4.61. The summed E-state index contributed by atoms with van der Waals surface area (Å²) in [7, 11) is 0. The summed E-state index contributed by atoms with van der Waals surface area (Å²) in [5, 5.41) is 8.44. The predicted octanol–water partition coefficient (Wildman–Crippen LogP) is 2.75. The van der Waals surface area contributed by atoms with Crippen LogP contribution in [0.4, 0.5) is 0 Å². The molecule has 0 fully saturated rings. The lowest BCUT2D eigenvalue weighted by Gasteiger charge is -1.84. The Labute approximate surface area is 71.0 Å². The summed E-state index contributed by atoms with van der Waals surface area (Å²) in [6, 6.07) is 1.33. The van der Waals surface area contributed by atoms with Gasteiger partial charge < -0.3 is 5.11 Å². The normalized spacial score (nSPS) is 9.80. The minimum atomic E-state index is -1.05. The zero-order valence-corrected chi connectivity index (χ0v) is 6.93. The summed E-state index contributed by atoms with van der Waals surface area (Å²) in [6.07, 6.45) is 0. The lowest BCUT2D eigenvalue weighted by Crippen LogP contribution is -1.92. The van der Waals surface area contributed by atoms with Gasteiger partial charge >= 0.3 is 5.97 Å². The third-order valence-electron chi connectivity index (χ3n) is 0.887. The topological polar surface area (TPSA) is 37.3 Å². The fourth-order valence-corrected chi connectivity index (χ4v) is 1.93. The van der Waals surface area contributed by atoms with Crippen molar-refractivity contribution in [3.05, 3.63) is 20.3 Å². The fraction of sp³-hybridized carbons (Fsp3) is 0. The van der Waals surface area contributed by atoms with Gasteiger partial charge in [-0.15, -0.1) is 11.3 Å². The number of rotatable bonds is 1. The summed E-state index contributed by atoms with van der Waals surface area (Å²) in [4.78, 5) is 10.3. The van der Waals surface area contributed by atoms with Gasteiger partial charge in [-0.25, -0.2) is 4.79 Å². The van der Waals surface area contributed by atoms with Crippen LogP contribution in [0.25, 0.3) is 0 Å². The van der Waals surface area contributed by atoms with Crippen LogP contribution in [0.2, 0.25) is 8.67 Å². The van der Waals surface area contributed by atoms with Gasteiger partial charge in [0.05, 0.1) is 9.90 Å². The molecule has 0 unspecified atom stereocenters. The van der Waals surface area contributed by atoms with Crippen LogP contribution < -0.4 is 0 Å². The molecule has 0 spiro atoms. The second kappa shape index (κ2) is 2.78. The minimum absolute atomic E-state index is 0.0664. The average molecular weight is 197 g/mol. The molecule has 0 aliphatic rings. The van der Waals surface area contributed by atoms with Gasteiger partial charge in [0, 0.05) is 0 Å². The molecule has 0 aliphatic carbocycles. The maximum atomic E-state index is 10.3. The molecular formula is C5H2Cl2O2S. The number of aromatic carboxylic acids is 1. The van der Waals surface area contributed by atoms with Crippen molar-refractivity contribution in [3.8, 4) is 0 Å². The molecule has 0 radical (unpaired) electrons. The third kappa shape index (κ3) is 1.42. The van der Waals surface area contributed by atoms with Crippen molar-refractivity contribution in [2.75, 3.05) is 0 Å². The zero-order valence-electron chi connectivity index (χ0n) is 4.60. The quantitative estimate of drug-likeness (QED) is 0.751. The maximum Gasteiger partial charge on any atom is 0.338 e. The van der Waals surface area contributed by atoms with Crippen LogP contribution >= 0.6 is 34.5 Å². The van der Waals surface area contributed by atoms with Crippen LogP contribution in [0.5, 0.6) is 0 Å². The summed E-state index contributed by atoms with van der Waals surface area (Å²) < 4.78 is 0.611. The predicted molar refractivity (Wildman–Crippen MR) is 41.3 cm³/mol. The van der Waals surface area contributed by atoms with Crippen LogP contribution in [-0.4, -0.2) is 11.1 Å². The summed E-state index contributed by atoms with van der Waals surface area (Å²) in [5.74, 6) is -1.05. The Hall–Kier alpha value is -0.250. The molecule has 0 aromatic carbocycles. The van der Waals surface area contributed by atoms with Crippen molar-refractivity contribution < 1.29 is 9.90 Å². The van der Waals surface area contributed by atoms with E-state index in [2.05, 4.69) is 0 Å². The van der Waals surface area contributed by atoms with E-state index < -0.39 is 5.97 Å². The molecule has 54 valence electrons. The van der Waals surface area contributed by atoms with Gasteiger partial charge in [-0.05, 0) is 6.07 Å². The first-order valence-electron chi connectivity index (χ1n) is 2.29. The van der Waals surface area contributed by atoms with Gasteiger partial charge in [0.1, 0.15) is 4.34 Å². The molecule has 1 rings (SSSR count). The van der Waals surface area contributed by atoms with E-state index in [1.807, 2.05) is 0 Å². The highest BCUT2D eigenvalue weighted by molar-refractivity contribution is 7.20. The van der Waals surface area contributed by atoms with Crippen LogP contribution in [0.15, 0.2) is 6.07 Å². The Kier molecular flexibility index (Phi) is 2.18. The second-order valence-electron chi connectivity index (χ2n) is 1.54. The van der Waals surface area contributed by atoms with Gasteiger partial charge in [-0.3, -0.25) is 0 Å². The Morgan fingerprint density at radius 1 is 1.60 bits per heavy atom. The number of carboxylic acid groups (broad SMARTS) is 1. The summed E-state index contributed by atoms with van der Waals surface area (Å²) >= 11 is 12.0. The number of hydrogen-bond acceptors (Lipinski definition) is 2. The molecule has 5 heteroatoms. The number of halogens is 2. The monoisotopic (exact) mass is 196 g/mol. The van der Waals surface area contributed by atoms with E-state index in [0.29, 0.717) is 4.34 Å². The van der Waals surface area contributed by atoms with Gasteiger partial charge in [-0.2, -0.15) is 0 Å². The first kappa shape index (κ1) is 7.85. The molecular weight excluding hydrogens is 195 g/mol. The van der Waals surface area contributed by atoms with Crippen LogP contribution in [0, 0.1) is 0 Å². The van der Waals surface area contributed by atoms with E-state index in [0.717, 1.165) is 11.3 Å². The van der Waals surface area contributed by atoms with E-state index in [-0.39, 0.29) is 9.90 Å². The van der Waals surface area contributed by atoms with Gasteiger partial charge in [0.2, 0.25) is 0 Å². The highest BCUT2D eigenvalue weighted by atomic mass is 35.5. The molecule has 1 aromatic heterocycles.